The van der Waals surface area contributed by atoms with E-state index in [-0.39, 0.29) is 25.9 Å². The van der Waals surface area contributed by atoms with Crippen molar-refractivity contribution in [3.63, 3.8) is 0 Å². The lowest BCUT2D eigenvalue weighted by atomic mass is 10.1. The fourth-order valence-electron chi connectivity index (χ4n) is 7.93. The summed E-state index contributed by atoms with van der Waals surface area (Å²) in [6, 6.07) is 0. The molecule has 418 valence electrons. The number of aliphatic hydroxyl groups excluding tert-OH is 1. The van der Waals surface area contributed by atoms with Crippen molar-refractivity contribution in [2.75, 3.05) is 26.4 Å². The van der Waals surface area contributed by atoms with E-state index < -0.39 is 57.8 Å². The first-order chi connectivity index (χ1) is 35.2. The molecule has 0 aromatic rings. The van der Waals surface area contributed by atoms with Crippen LogP contribution in [-0.2, 0) is 42.2 Å². The van der Waals surface area contributed by atoms with Crippen LogP contribution in [0.3, 0.4) is 0 Å². The maximum absolute atomic E-state index is 12.9. The summed E-state index contributed by atoms with van der Waals surface area (Å²) >= 11 is 0. The Kier molecular flexibility index (Phi) is 52.3. The molecule has 3 unspecified atom stereocenters. The molecule has 0 heterocycles. The van der Waals surface area contributed by atoms with Crippen LogP contribution in [0.1, 0.15) is 265 Å². The highest BCUT2D eigenvalue weighted by atomic mass is 31.2. The van der Waals surface area contributed by atoms with Crippen LogP contribution in [0.4, 0.5) is 0 Å². The predicted octanol–water partition coefficient (Wildman–Crippen LogP) is 17.1. The molecule has 11 nitrogen and oxygen atoms in total. The van der Waals surface area contributed by atoms with E-state index in [9.17, 15) is 28.9 Å². The monoisotopic (exact) mass is 1030 g/mol. The molecule has 0 aliphatic carbocycles. The number of aliphatic hydroxyl groups is 1. The molecule has 0 bridgehead atoms. The smallest absolute Gasteiger partial charge is 0.462 e. The van der Waals surface area contributed by atoms with Crippen molar-refractivity contribution in [1.29, 1.82) is 0 Å². The average molecular weight is 1040 g/mol. The van der Waals surface area contributed by atoms with E-state index in [1.807, 2.05) is 0 Å². The van der Waals surface area contributed by atoms with Crippen molar-refractivity contribution < 1.29 is 52.2 Å². The molecule has 12 heteroatoms. The van der Waals surface area contributed by atoms with Gasteiger partial charge in [-0.15, -0.1) is 0 Å². The van der Waals surface area contributed by atoms with Crippen LogP contribution in [0, 0.1) is 0 Å². The van der Waals surface area contributed by atoms with Crippen molar-refractivity contribution in [3.8, 4) is 0 Å². The van der Waals surface area contributed by atoms with Gasteiger partial charge in [0.05, 0.1) is 19.8 Å². The van der Waals surface area contributed by atoms with Crippen LogP contribution in [0.5, 0.6) is 0 Å². The molecule has 0 aromatic carbocycles. The summed E-state index contributed by atoms with van der Waals surface area (Å²) in [5.74, 6) is -1.49. The Hall–Kier alpha value is -2.82. The number of phosphoric acid groups is 1. The van der Waals surface area contributed by atoms with Gasteiger partial charge in [0, 0.05) is 19.3 Å². The van der Waals surface area contributed by atoms with Gasteiger partial charge in [-0.25, -0.2) is 4.57 Å². The summed E-state index contributed by atoms with van der Waals surface area (Å²) in [7, 11) is -4.75. The zero-order valence-corrected chi connectivity index (χ0v) is 47.0. The second kappa shape index (κ2) is 54.4. The first-order valence-corrected chi connectivity index (χ1v) is 30.7. The van der Waals surface area contributed by atoms with E-state index in [1.54, 1.807) is 0 Å². The fraction of sp³-hybridized carbons (Fsp3) is 0.783. The van der Waals surface area contributed by atoms with E-state index in [1.165, 1.54) is 96.3 Å². The molecule has 0 spiro atoms. The zero-order valence-electron chi connectivity index (χ0n) is 46.1. The van der Waals surface area contributed by atoms with Crippen LogP contribution in [0.2, 0.25) is 0 Å². The lowest BCUT2D eigenvalue weighted by molar-refractivity contribution is -0.161. The lowest BCUT2D eigenvalue weighted by Gasteiger charge is -2.21. The highest BCUT2D eigenvalue weighted by molar-refractivity contribution is 7.47. The molecule has 2 N–H and O–H groups in total. The van der Waals surface area contributed by atoms with Crippen LogP contribution in [0.25, 0.3) is 0 Å². The van der Waals surface area contributed by atoms with Gasteiger partial charge in [-0.3, -0.25) is 23.4 Å². The molecule has 0 amide bonds. The maximum atomic E-state index is 12.9. The molecule has 0 aliphatic rings. The molecule has 0 rings (SSSR count). The fourth-order valence-corrected chi connectivity index (χ4v) is 8.72. The first-order valence-electron chi connectivity index (χ1n) is 29.2. The number of esters is 3. The van der Waals surface area contributed by atoms with Crippen LogP contribution >= 0.6 is 7.82 Å². The maximum Gasteiger partial charge on any atom is 0.472 e. The molecular weight excluding hydrogens is 928 g/mol. The Labute approximate surface area is 440 Å². The summed E-state index contributed by atoms with van der Waals surface area (Å²) < 4.78 is 39.5. The second-order valence-electron chi connectivity index (χ2n) is 19.4. The number of unbranched alkanes of at least 4 members (excludes halogenated alkanes) is 27. The molecule has 3 atom stereocenters. The summed E-state index contributed by atoms with van der Waals surface area (Å²) in [4.78, 5) is 48.5. The number of hydrogen-bond donors (Lipinski definition) is 2. The Morgan fingerprint density at radius 2 is 0.736 bits per heavy atom. The van der Waals surface area contributed by atoms with Gasteiger partial charge in [-0.2, -0.15) is 0 Å². The minimum Gasteiger partial charge on any atom is -0.462 e. The predicted molar refractivity (Wildman–Crippen MR) is 298 cm³/mol. The Balaban J connectivity index is 4.73. The van der Waals surface area contributed by atoms with Crippen LogP contribution in [-0.4, -0.2) is 66.5 Å². The van der Waals surface area contributed by atoms with E-state index in [0.29, 0.717) is 19.3 Å². The van der Waals surface area contributed by atoms with E-state index in [2.05, 4.69) is 81.5 Å². The topological polar surface area (TPSA) is 155 Å². The van der Waals surface area contributed by atoms with Gasteiger partial charge in [0.25, 0.3) is 0 Å². The summed E-state index contributed by atoms with van der Waals surface area (Å²) in [5.41, 5.74) is 0. The molecular formula is C60H107O11P. The Morgan fingerprint density at radius 3 is 1.17 bits per heavy atom. The van der Waals surface area contributed by atoms with Gasteiger partial charge in [0.15, 0.2) is 6.10 Å². The third-order valence-electron chi connectivity index (χ3n) is 12.4. The van der Waals surface area contributed by atoms with Gasteiger partial charge >= 0.3 is 25.7 Å². The van der Waals surface area contributed by atoms with Gasteiger partial charge in [0.2, 0.25) is 0 Å². The Bertz CT molecular complexity index is 1440. The summed E-state index contributed by atoms with van der Waals surface area (Å²) in [6.07, 6.45) is 59.0. The third kappa shape index (κ3) is 52.1. The third-order valence-corrected chi connectivity index (χ3v) is 13.3. The van der Waals surface area contributed by atoms with Crippen molar-refractivity contribution >= 4 is 25.7 Å². The molecule has 72 heavy (non-hydrogen) atoms. The number of phosphoric ester groups is 1. The van der Waals surface area contributed by atoms with Crippen molar-refractivity contribution in [1.82, 2.24) is 0 Å². The molecule has 0 fully saturated rings. The highest BCUT2D eigenvalue weighted by Crippen LogP contribution is 2.43. The number of rotatable bonds is 54. The van der Waals surface area contributed by atoms with Crippen LogP contribution in [0.15, 0.2) is 60.8 Å². The second-order valence-corrected chi connectivity index (χ2v) is 20.9. The molecule has 0 saturated carbocycles. The van der Waals surface area contributed by atoms with Crippen molar-refractivity contribution in [2.45, 2.75) is 277 Å². The number of hydrogen-bond acceptors (Lipinski definition) is 10. The van der Waals surface area contributed by atoms with Gasteiger partial charge in [0.1, 0.15) is 12.7 Å². The largest absolute Gasteiger partial charge is 0.472 e. The molecule has 0 aromatic heterocycles. The van der Waals surface area contributed by atoms with Crippen LogP contribution < -0.4 is 0 Å². The average Bonchev–Trinajstić information content (AvgIpc) is 3.37. The SMILES string of the molecule is CC/C=C\C/C=C\C/C=C\CCCCCCCC(=O)OCC(COP(=O)(O)OCC(CO)OC(=O)CCCCCCC/C=C\CCCC)OC(=O)CCCCCCCCCCC/C=C\CCCCCCCC. The zero-order chi connectivity index (χ0) is 52.7. The minimum atomic E-state index is -4.75. The van der Waals surface area contributed by atoms with E-state index in [0.717, 1.165) is 109 Å². The normalized spacial score (nSPS) is 13.8. The number of carbonyl (C=O) groups excluding carboxylic acids is 3. The lowest BCUT2D eigenvalue weighted by Crippen LogP contribution is -2.30. The summed E-state index contributed by atoms with van der Waals surface area (Å²) in [6.45, 7) is 4.48. The minimum absolute atomic E-state index is 0.161. The number of carbonyl (C=O) groups is 3. The standard InChI is InChI=1S/C60H107O11P/c1-4-7-10-13-16-19-22-24-26-27-28-29-31-33-36-39-42-45-48-51-60(64)71-57(53-67-58(62)49-46-43-40-37-35-32-30-25-23-20-17-14-11-8-5-2)55-69-72(65,66)68-54-56(52-61)70-59(63)50-47-44-41-38-34-21-18-15-12-9-6-3/h8,11,15,17-18,20,24-26,30,56-57,61H,4-7,9-10,12-14,16,19,21-23,27-29,31-55H2,1-3H3,(H,65,66)/b11-8-,18-15-,20-17-,26-24-,30-25-. The summed E-state index contributed by atoms with van der Waals surface area (Å²) in [5, 5.41) is 9.79. The first kappa shape index (κ1) is 69.2. The molecule has 0 saturated heterocycles. The highest BCUT2D eigenvalue weighted by Gasteiger charge is 2.28. The molecule has 0 radical (unpaired) electrons. The molecule has 0 aliphatic heterocycles. The van der Waals surface area contributed by atoms with Crippen molar-refractivity contribution in [3.05, 3.63) is 60.8 Å². The number of ether oxygens (including phenoxy) is 3. The van der Waals surface area contributed by atoms with Gasteiger partial charge < -0.3 is 24.2 Å². The Morgan fingerprint density at radius 1 is 0.403 bits per heavy atom. The van der Waals surface area contributed by atoms with Gasteiger partial charge in [-0.05, 0) is 96.3 Å². The van der Waals surface area contributed by atoms with E-state index >= 15 is 0 Å². The quantitative estimate of drug-likeness (QED) is 0.0197. The van der Waals surface area contributed by atoms with Gasteiger partial charge in [-0.1, -0.05) is 210 Å². The number of allylic oxidation sites excluding steroid dienone is 10. The van der Waals surface area contributed by atoms with Crippen molar-refractivity contribution in [2.24, 2.45) is 0 Å². The van der Waals surface area contributed by atoms with E-state index in [4.69, 9.17) is 23.3 Å².